The zero-order valence-corrected chi connectivity index (χ0v) is 20.7. The van der Waals surface area contributed by atoms with E-state index in [-0.39, 0.29) is 30.8 Å². The summed E-state index contributed by atoms with van der Waals surface area (Å²) in [5.41, 5.74) is 4.66. The Balaban J connectivity index is 1.66. The number of hydrogen-bond acceptors (Lipinski definition) is 10. The van der Waals surface area contributed by atoms with Crippen molar-refractivity contribution >= 4 is 29.0 Å². The molecule has 5 N–H and O–H groups in total. The van der Waals surface area contributed by atoms with E-state index in [4.69, 9.17) is 5.73 Å². The zero-order valence-electron chi connectivity index (χ0n) is 20.7. The summed E-state index contributed by atoms with van der Waals surface area (Å²) < 4.78 is 0. The van der Waals surface area contributed by atoms with Crippen LogP contribution in [0.15, 0.2) is 30.6 Å². The molecule has 11 nitrogen and oxygen atoms in total. The van der Waals surface area contributed by atoms with Crippen molar-refractivity contribution in [2.45, 2.75) is 31.1 Å². The number of carbonyl (C=O) groups is 5. The summed E-state index contributed by atoms with van der Waals surface area (Å²) in [7, 11) is 3.07. The van der Waals surface area contributed by atoms with E-state index in [2.05, 4.69) is 4.98 Å². The molecule has 1 amide bonds. The van der Waals surface area contributed by atoms with Crippen LogP contribution in [0.4, 0.5) is 0 Å². The molecule has 0 saturated heterocycles. The van der Waals surface area contributed by atoms with Gasteiger partial charge in [-0.2, -0.15) is 0 Å². The molecule has 6 atom stereocenters. The normalized spacial score (nSPS) is 30.6. The molecule has 1 heterocycles. The van der Waals surface area contributed by atoms with E-state index in [0.29, 0.717) is 22.3 Å². The van der Waals surface area contributed by atoms with E-state index in [1.54, 1.807) is 18.3 Å². The maximum atomic E-state index is 13.8. The Morgan fingerprint density at radius 1 is 1.16 bits per heavy atom. The molecule has 0 aliphatic heterocycles. The number of hydrogen-bond donors (Lipinski definition) is 4. The molecule has 11 heteroatoms. The van der Waals surface area contributed by atoms with E-state index >= 15 is 0 Å². The monoisotopic (exact) mass is 521 g/mol. The minimum absolute atomic E-state index is 0.0338. The number of rotatable bonds is 4. The summed E-state index contributed by atoms with van der Waals surface area (Å²) in [4.78, 5) is 71.7. The first-order chi connectivity index (χ1) is 17.9. The van der Waals surface area contributed by atoms with E-state index in [0.717, 1.165) is 0 Å². The maximum Gasteiger partial charge on any atom is 0.235 e. The Labute approximate surface area is 217 Å². The first kappa shape index (κ1) is 25.8. The third-order valence-corrected chi connectivity index (χ3v) is 8.23. The molecule has 0 spiro atoms. The number of carbonyl (C=O) groups excluding carboxylic acids is 5. The lowest BCUT2D eigenvalue weighted by Crippen LogP contribution is -2.74. The van der Waals surface area contributed by atoms with Crippen LogP contribution in [0.1, 0.15) is 27.9 Å². The van der Waals surface area contributed by atoms with Gasteiger partial charge in [-0.3, -0.25) is 33.9 Å². The van der Waals surface area contributed by atoms with Gasteiger partial charge in [0.1, 0.15) is 5.75 Å². The molecule has 1 aromatic carbocycles. The average Bonchev–Trinajstić information content (AvgIpc) is 2.86. The largest absolute Gasteiger partial charge is 0.507 e. The number of Topliss-reactive ketones (excluding diaryl/α,β-unsaturated/α-hetero) is 4. The molecule has 5 rings (SSSR count). The number of aliphatic hydroxyl groups excluding tert-OH is 1. The number of nitrogens with two attached hydrogens (primary N) is 1. The van der Waals surface area contributed by atoms with Crippen LogP contribution >= 0.6 is 0 Å². The van der Waals surface area contributed by atoms with Crippen molar-refractivity contribution in [3.63, 3.8) is 0 Å². The summed E-state index contributed by atoms with van der Waals surface area (Å²) in [6.07, 6.45) is 3.15. The highest BCUT2D eigenvalue weighted by molar-refractivity contribution is 6.32. The van der Waals surface area contributed by atoms with Gasteiger partial charge in [-0.1, -0.05) is 6.07 Å². The number of aliphatic hydroxyl groups is 2. The second-order valence-electron chi connectivity index (χ2n) is 10.5. The molecule has 1 aromatic heterocycles. The summed E-state index contributed by atoms with van der Waals surface area (Å²) in [6.45, 7) is -0.250. The molecule has 0 radical (unpaired) electrons. The van der Waals surface area contributed by atoms with Gasteiger partial charge in [-0.05, 0) is 61.7 Å². The predicted molar refractivity (Wildman–Crippen MR) is 131 cm³/mol. The highest BCUT2D eigenvalue weighted by atomic mass is 16.3. The summed E-state index contributed by atoms with van der Waals surface area (Å²) >= 11 is 0. The van der Waals surface area contributed by atoms with Gasteiger partial charge in [-0.25, -0.2) is 0 Å². The molecule has 38 heavy (non-hydrogen) atoms. The predicted octanol–water partition coefficient (Wildman–Crippen LogP) is -0.579. The molecular formula is C27H27N3O8. The Bertz CT molecular complexity index is 1420. The summed E-state index contributed by atoms with van der Waals surface area (Å²) in [5, 5.41) is 31.8. The number of fused-ring (bicyclic) bond motifs is 3. The quantitative estimate of drug-likeness (QED) is 0.379. The Morgan fingerprint density at radius 2 is 1.87 bits per heavy atom. The van der Waals surface area contributed by atoms with E-state index in [1.807, 2.05) is 0 Å². The number of phenols is 1. The lowest BCUT2D eigenvalue weighted by molar-refractivity contribution is -0.181. The van der Waals surface area contributed by atoms with Crippen LogP contribution in [0.5, 0.6) is 5.75 Å². The average molecular weight is 522 g/mol. The van der Waals surface area contributed by atoms with Crippen molar-refractivity contribution in [1.29, 1.82) is 0 Å². The van der Waals surface area contributed by atoms with Crippen LogP contribution in [-0.2, 0) is 32.2 Å². The van der Waals surface area contributed by atoms with E-state index in [9.17, 15) is 39.3 Å². The minimum atomic E-state index is -2.76. The standard InChI is InChI=1S/C27H27N3O8/c1-30(2)21-16-7-12-6-15-14(13-5-11(10-31)8-29-9-13)3-4-17(32)19(15)22(33)18(12)24(35)27(16,38)25(36)20(23(21)34)26(28)37/h3-5,8-9,12,16,18,20-21,31-32,38H,6-7,10H2,1-2H3,(H2,28,37). The zero-order chi connectivity index (χ0) is 27.7. The van der Waals surface area contributed by atoms with Crippen molar-refractivity contribution in [1.82, 2.24) is 9.88 Å². The minimum Gasteiger partial charge on any atom is -0.507 e. The highest BCUT2D eigenvalue weighted by Crippen LogP contribution is 2.51. The Morgan fingerprint density at radius 3 is 2.50 bits per heavy atom. The Hall–Kier alpha value is -3.80. The number of primary amides is 1. The number of amides is 1. The topological polar surface area (TPSA) is 188 Å². The first-order valence-corrected chi connectivity index (χ1v) is 12.2. The van der Waals surface area contributed by atoms with Gasteiger partial charge < -0.3 is 21.1 Å². The van der Waals surface area contributed by atoms with Gasteiger partial charge in [0.2, 0.25) is 5.91 Å². The molecule has 3 aliphatic rings. The van der Waals surface area contributed by atoms with Gasteiger partial charge in [0.15, 0.2) is 34.7 Å². The SMILES string of the molecule is CN(C)C1C(=O)C(C(N)=O)C(=O)C2(O)C(=O)C3C(=O)c4c(O)ccc(-c5cncc(CO)c5)c4CC3CC12. The van der Waals surface area contributed by atoms with E-state index < -0.39 is 64.4 Å². The number of ketones is 4. The number of likely N-dealkylation sites (N-methyl/N-ethyl adjacent to an activating group) is 1. The van der Waals surface area contributed by atoms with Gasteiger partial charge in [0.25, 0.3) is 0 Å². The van der Waals surface area contributed by atoms with Gasteiger partial charge in [-0.15, -0.1) is 0 Å². The molecule has 0 bridgehead atoms. The molecular weight excluding hydrogens is 494 g/mol. The smallest absolute Gasteiger partial charge is 0.235 e. The number of phenolic OH excluding ortho intramolecular Hbond substituents is 1. The summed E-state index contributed by atoms with van der Waals surface area (Å²) in [5.74, 6) is -10.9. The summed E-state index contributed by atoms with van der Waals surface area (Å²) in [6, 6.07) is 3.48. The maximum absolute atomic E-state index is 13.8. The number of aromatic nitrogens is 1. The van der Waals surface area contributed by atoms with Crippen molar-refractivity contribution in [2.75, 3.05) is 14.1 Å². The molecule has 2 fully saturated rings. The number of benzene rings is 1. The molecule has 198 valence electrons. The molecule has 3 aliphatic carbocycles. The van der Waals surface area contributed by atoms with Crippen LogP contribution < -0.4 is 5.73 Å². The highest BCUT2D eigenvalue weighted by Gasteiger charge is 2.69. The second kappa shape index (κ2) is 8.90. The fourth-order valence-corrected chi connectivity index (χ4v) is 6.60. The first-order valence-electron chi connectivity index (χ1n) is 12.2. The number of aromatic hydroxyl groups is 1. The van der Waals surface area contributed by atoms with Crippen LogP contribution in [0.25, 0.3) is 11.1 Å². The van der Waals surface area contributed by atoms with Crippen LogP contribution in [0.2, 0.25) is 0 Å². The molecule has 2 aromatic rings. The fraction of sp³-hybridized carbons (Fsp3) is 0.407. The lowest BCUT2D eigenvalue weighted by Gasteiger charge is -2.52. The van der Waals surface area contributed by atoms with Crippen molar-refractivity contribution in [3.8, 4) is 16.9 Å². The lowest BCUT2D eigenvalue weighted by atomic mass is 9.52. The molecule has 6 unspecified atom stereocenters. The number of nitrogens with zero attached hydrogens (tertiary/aromatic N) is 2. The van der Waals surface area contributed by atoms with Crippen molar-refractivity contribution < 1.29 is 39.3 Å². The van der Waals surface area contributed by atoms with Crippen LogP contribution in [0, 0.1) is 23.7 Å². The van der Waals surface area contributed by atoms with Gasteiger partial charge in [0, 0.05) is 23.9 Å². The van der Waals surface area contributed by atoms with Crippen molar-refractivity contribution in [3.05, 3.63) is 47.3 Å². The number of pyridine rings is 1. The van der Waals surface area contributed by atoms with Crippen LogP contribution in [-0.4, -0.2) is 80.0 Å². The van der Waals surface area contributed by atoms with Gasteiger partial charge in [0.05, 0.1) is 24.1 Å². The van der Waals surface area contributed by atoms with Crippen molar-refractivity contribution in [2.24, 2.45) is 29.4 Å². The molecule has 2 saturated carbocycles. The Kier molecular flexibility index (Phi) is 6.05. The second-order valence-corrected chi connectivity index (χ2v) is 10.5. The fourth-order valence-electron chi connectivity index (χ4n) is 6.60. The third-order valence-electron chi connectivity index (χ3n) is 8.23. The van der Waals surface area contributed by atoms with E-state index in [1.165, 1.54) is 31.3 Å². The third kappa shape index (κ3) is 3.46. The van der Waals surface area contributed by atoms with Crippen LogP contribution in [0.3, 0.4) is 0 Å². The van der Waals surface area contributed by atoms with Gasteiger partial charge >= 0.3 is 0 Å².